The number of nitrogens with zero attached hydrogens (tertiary/aromatic N) is 2. The van der Waals surface area contributed by atoms with Crippen molar-refractivity contribution >= 4 is 27.5 Å². The van der Waals surface area contributed by atoms with Crippen LogP contribution in [0.3, 0.4) is 0 Å². The molecular formula is C22H22N2O2S. The molecule has 0 saturated carbocycles. The van der Waals surface area contributed by atoms with Crippen molar-refractivity contribution in [1.29, 1.82) is 0 Å². The van der Waals surface area contributed by atoms with Crippen LogP contribution in [0.1, 0.15) is 35.3 Å². The zero-order chi connectivity index (χ0) is 19.6. The summed E-state index contributed by atoms with van der Waals surface area (Å²) in [4.78, 5) is 17.6. The van der Waals surface area contributed by atoms with Crippen molar-refractivity contribution in [2.24, 2.45) is 4.99 Å². The second kappa shape index (κ2) is 7.81. The molecule has 27 heavy (non-hydrogen) atoms. The lowest BCUT2D eigenvalue weighted by Gasteiger charge is -2.09. The van der Waals surface area contributed by atoms with Crippen molar-refractivity contribution in [3.8, 4) is 18.1 Å². The van der Waals surface area contributed by atoms with E-state index in [0.717, 1.165) is 27.1 Å². The van der Waals surface area contributed by atoms with Gasteiger partial charge >= 0.3 is 0 Å². The van der Waals surface area contributed by atoms with Crippen LogP contribution in [0.15, 0.2) is 41.4 Å². The quantitative estimate of drug-likeness (QED) is 0.628. The average molecular weight is 378 g/mol. The third-order valence-electron chi connectivity index (χ3n) is 4.03. The van der Waals surface area contributed by atoms with E-state index < -0.39 is 0 Å². The summed E-state index contributed by atoms with van der Waals surface area (Å²) in [6.45, 7) is 8.40. The van der Waals surface area contributed by atoms with Gasteiger partial charge in [0.2, 0.25) is 0 Å². The first-order chi connectivity index (χ1) is 12.9. The summed E-state index contributed by atoms with van der Waals surface area (Å²) in [6, 6.07) is 11.2. The molecule has 0 bridgehead atoms. The number of rotatable bonds is 4. The Morgan fingerprint density at radius 2 is 1.96 bits per heavy atom. The minimum Gasteiger partial charge on any atom is -0.491 e. The number of ether oxygens (including phenoxy) is 1. The molecular weight excluding hydrogens is 356 g/mol. The van der Waals surface area contributed by atoms with Gasteiger partial charge in [-0.05, 0) is 69.2 Å². The van der Waals surface area contributed by atoms with Crippen LogP contribution in [-0.2, 0) is 6.54 Å². The Kier molecular flexibility index (Phi) is 5.48. The largest absolute Gasteiger partial charge is 0.491 e. The number of hydrogen-bond acceptors (Lipinski definition) is 3. The van der Waals surface area contributed by atoms with E-state index in [0.29, 0.717) is 16.9 Å². The van der Waals surface area contributed by atoms with E-state index >= 15 is 0 Å². The zero-order valence-electron chi connectivity index (χ0n) is 15.9. The first-order valence-electron chi connectivity index (χ1n) is 8.79. The highest BCUT2D eigenvalue weighted by molar-refractivity contribution is 7.16. The molecule has 0 N–H and O–H groups in total. The maximum absolute atomic E-state index is 12.7. The second-order valence-corrected chi connectivity index (χ2v) is 7.69. The minimum atomic E-state index is -0.294. The fourth-order valence-corrected chi connectivity index (χ4v) is 4.02. The van der Waals surface area contributed by atoms with Gasteiger partial charge in [-0.15, -0.1) is 6.42 Å². The van der Waals surface area contributed by atoms with Crippen LogP contribution in [-0.4, -0.2) is 16.6 Å². The fraction of sp³-hybridized carbons (Fsp3) is 0.273. The van der Waals surface area contributed by atoms with Crippen LogP contribution in [0.5, 0.6) is 5.75 Å². The van der Waals surface area contributed by atoms with Crippen molar-refractivity contribution < 1.29 is 9.53 Å². The highest BCUT2D eigenvalue weighted by Crippen LogP contribution is 2.23. The molecule has 3 aromatic rings. The summed E-state index contributed by atoms with van der Waals surface area (Å²) >= 11 is 1.49. The van der Waals surface area contributed by atoms with Gasteiger partial charge in [-0.25, -0.2) is 0 Å². The third-order valence-corrected chi connectivity index (χ3v) is 5.26. The lowest BCUT2D eigenvalue weighted by atomic mass is 10.1. The molecule has 0 atom stereocenters. The van der Waals surface area contributed by atoms with E-state index in [1.54, 1.807) is 24.3 Å². The molecule has 0 aliphatic heterocycles. The van der Waals surface area contributed by atoms with Gasteiger partial charge in [-0.1, -0.05) is 23.3 Å². The molecule has 5 heteroatoms. The Balaban J connectivity index is 2.04. The van der Waals surface area contributed by atoms with Crippen LogP contribution >= 0.6 is 11.3 Å². The lowest BCUT2D eigenvalue weighted by molar-refractivity contribution is 0.0998. The number of benzene rings is 2. The fourth-order valence-electron chi connectivity index (χ4n) is 2.94. The van der Waals surface area contributed by atoms with Gasteiger partial charge in [0.05, 0.1) is 22.9 Å². The van der Waals surface area contributed by atoms with Crippen molar-refractivity contribution in [2.45, 2.75) is 40.3 Å². The van der Waals surface area contributed by atoms with Crippen LogP contribution in [0, 0.1) is 26.2 Å². The van der Waals surface area contributed by atoms with Crippen LogP contribution in [0.4, 0.5) is 0 Å². The number of amides is 1. The molecule has 0 spiro atoms. The molecule has 1 amide bonds. The Morgan fingerprint density at radius 3 is 2.59 bits per heavy atom. The van der Waals surface area contributed by atoms with Gasteiger partial charge in [0, 0.05) is 5.56 Å². The highest BCUT2D eigenvalue weighted by atomic mass is 32.1. The van der Waals surface area contributed by atoms with Gasteiger partial charge in [-0.2, -0.15) is 4.99 Å². The standard InChI is InChI=1S/C22H22N2O2S/c1-6-11-24-19-13-15(4)12-16(5)20(19)27-22(24)23-21(25)17-7-9-18(10-8-17)26-14(2)3/h1,7-10,12-14H,11H2,2-5H3. The molecule has 0 radical (unpaired) electrons. The number of carbonyl (C=O) groups is 1. The summed E-state index contributed by atoms with van der Waals surface area (Å²) in [7, 11) is 0. The van der Waals surface area contributed by atoms with E-state index in [4.69, 9.17) is 11.2 Å². The number of aromatic nitrogens is 1. The van der Waals surface area contributed by atoms with E-state index in [2.05, 4.69) is 30.0 Å². The lowest BCUT2D eigenvalue weighted by Crippen LogP contribution is -2.16. The molecule has 0 aliphatic rings. The normalized spacial score (nSPS) is 11.8. The van der Waals surface area contributed by atoms with Crippen LogP contribution in [0.25, 0.3) is 10.2 Å². The predicted molar refractivity (Wildman–Crippen MR) is 110 cm³/mol. The number of aryl methyl sites for hydroxylation is 2. The molecule has 0 unspecified atom stereocenters. The summed E-state index contributed by atoms with van der Waals surface area (Å²) in [5.41, 5.74) is 3.85. The van der Waals surface area contributed by atoms with Gasteiger partial charge in [0.25, 0.3) is 5.91 Å². The monoisotopic (exact) mass is 378 g/mol. The molecule has 0 aliphatic carbocycles. The number of hydrogen-bond donors (Lipinski definition) is 0. The number of thiazole rings is 1. The van der Waals surface area contributed by atoms with Gasteiger partial charge in [0.15, 0.2) is 4.80 Å². The van der Waals surface area contributed by atoms with E-state index in [-0.39, 0.29) is 12.0 Å². The van der Waals surface area contributed by atoms with Crippen molar-refractivity contribution in [3.05, 3.63) is 57.9 Å². The Hall–Kier alpha value is -2.84. The first kappa shape index (κ1) is 18.9. The summed E-state index contributed by atoms with van der Waals surface area (Å²) < 4.78 is 8.64. The van der Waals surface area contributed by atoms with Gasteiger partial charge in [0.1, 0.15) is 5.75 Å². The summed E-state index contributed by atoms with van der Waals surface area (Å²) in [5, 5.41) is 0. The molecule has 4 nitrogen and oxygen atoms in total. The zero-order valence-corrected chi connectivity index (χ0v) is 16.8. The summed E-state index contributed by atoms with van der Waals surface area (Å²) in [6.07, 6.45) is 5.63. The van der Waals surface area contributed by atoms with E-state index in [9.17, 15) is 4.79 Å². The van der Waals surface area contributed by atoms with Crippen molar-refractivity contribution in [3.63, 3.8) is 0 Å². The molecule has 138 valence electrons. The van der Waals surface area contributed by atoms with Crippen LogP contribution < -0.4 is 9.54 Å². The molecule has 1 heterocycles. The first-order valence-corrected chi connectivity index (χ1v) is 9.60. The number of fused-ring (bicyclic) bond motifs is 1. The molecule has 1 aromatic heterocycles. The molecule has 3 rings (SSSR count). The highest BCUT2D eigenvalue weighted by Gasteiger charge is 2.11. The van der Waals surface area contributed by atoms with Gasteiger partial charge < -0.3 is 9.30 Å². The second-order valence-electron chi connectivity index (χ2n) is 6.71. The number of carbonyl (C=O) groups excluding carboxylic acids is 1. The SMILES string of the molecule is C#CCn1c(=NC(=O)c2ccc(OC(C)C)cc2)sc2c(C)cc(C)cc21. The molecule has 2 aromatic carbocycles. The van der Waals surface area contributed by atoms with Crippen molar-refractivity contribution in [2.75, 3.05) is 0 Å². The van der Waals surface area contributed by atoms with Crippen molar-refractivity contribution in [1.82, 2.24) is 4.57 Å². The topological polar surface area (TPSA) is 43.6 Å². The Bertz CT molecular complexity index is 1100. The average Bonchev–Trinajstić information content (AvgIpc) is 2.93. The van der Waals surface area contributed by atoms with Crippen LogP contribution in [0.2, 0.25) is 0 Å². The minimum absolute atomic E-state index is 0.0872. The summed E-state index contributed by atoms with van der Waals surface area (Å²) in [5.74, 6) is 3.10. The number of terminal acetylenes is 1. The van der Waals surface area contributed by atoms with Gasteiger partial charge in [-0.3, -0.25) is 4.79 Å². The molecule has 0 saturated heterocycles. The van der Waals surface area contributed by atoms with E-state index in [1.165, 1.54) is 11.3 Å². The Labute approximate surface area is 163 Å². The molecule has 0 fully saturated rings. The maximum atomic E-state index is 12.7. The Morgan fingerprint density at radius 1 is 1.26 bits per heavy atom. The van der Waals surface area contributed by atoms with E-state index in [1.807, 2.05) is 25.3 Å². The maximum Gasteiger partial charge on any atom is 0.279 e. The predicted octanol–water partition coefficient (Wildman–Crippen LogP) is 4.48. The smallest absolute Gasteiger partial charge is 0.279 e. The third kappa shape index (κ3) is 4.12.